The number of rotatable bonds is 75. The van der Waals surface area contributed by atoms with Crippen LogP contribution in [0.5, 0.6) is 0 Å². The van der Waals surface area contributed by atoms with Gasteiger partial charge in [0.1, 0.15) is 19.3 Å². The average Bonchev–Trinajstić information content (AvgIpc) is 1.26. The van der Waals surface area contributed by atoms with Crippen LogP contribution in [-0.2, 0) is 65.4 Å². The molecule has 2 unspecified atom stereocenters. The molecule has 0 aromatic heterocycles. The molecule has 17 nitrogen and oxygen atoms in total. The fourth-order valence-electron chi connectivity index (χ4n) is 11.7. The highest BCUT2D eigenvalue weighted by atomic mass is 31.2. The van der Waals surface area contributed by atoms with Gasteiger partial charge in [-0.2, -0.15) is 0 Å². The van der Waals surface area contributed by atoms with Gasteiger partial charge in [-0.05, 0) is 37.5 Å². The molecule has 3 N–H and O–H groups in total. The van der Waals surface area contributed by atoms with Crippen LogP contribution in [0.3, 0.4) is 0 Å². The van der Waals surface area contributed by atoms with Gasteiger partial charge in [-0.1, -0.05) is 343 Å². The van der Waals surface area contributed by atoms with Crippen LogP contribution in [0, 0.1) is 11.8 Å². The van der Waals surface area contributed by atoms with Crippen molar-refractivity contribution in [3.8, 4) is 0 Å². The van der Waals surface area contributed by atoms with E-state index in [2.05, 4.69) is 41.5 Å². The SMILES string of the molecule is CCCCCCCCCCCCCCCCCC(=O)O[C@H](COC(=O)CCCCCCCCC)COP(=O)(O)OC[C@H](O)COP(=O)(O)OC[C@@H](COC(=O)CCCCCCCCCCCCCCCC(C)C)OC(=O)CCCCCCCCCCCCCCCCC(C)C. The summed E-state index contributed by atoms with van der Waals surface area (Å²) in [5.74, 6) is -0.532. The maximum atomic E-state index is 13.1. The minimum atomic E-state index is -4.96. The number of aliphatic hydroxyl groups excluding tert-OH is 1. The van der Waals surface area contributed by atoms with Crippen LogP contribution >= 0.6 is 15.6 Å². The molecule has 0 heterocycles. The van der Waals surface area contributed by atoms with E-state index in [0.717, 1.165) is 115 Å². The van der Waals surface area contributed by atoms with Crippen LogP contribution < -0.4 is 0 Å². The fraction of sp³-hybridized carbons (Fsp3) is 0.947. The van der Waals surface area contributed by atoms with Gasteiger partial charge < -0.3 is 33.8 Å². The van der Waals surface area contributed by atoms with Crippen molar-refractivity contribution in [1.29, 1.82) is 0 Å². The molecule has 0 saturated heterocycles. The first-order valence-corrected chi connectivity index (χ1v) is 42.5. The fourth-order valence-corrected chi connectivity index (χ4v) is 13.2. The van der Waals surface area contributed by atoms with Crippen molar-refractivity contribution in [3.63, 3.8) is 0 Å². The molecule has 0 rings (SSSR count). The standard InChI is InChI=1S/C76H148O17P2/c1-7-9-11-13-15-16-17-18-19-25-31-36-42-48-54-60-75(80)92-71(64-86-73(78)58-52-46-38-14-12-10-8-2)66-90-94(82,83)88-62-70(77)63-89-95(84,85)91-67-72(65-87-74(79)59-53-47-41-35-30-27-22-24-29-34-40-45-51-57-69(5)6)93-76(81)61-55-49-43-37-32-26-21-20-23-28-33-39-44-50-56-68(3)4/h68-72,77H,7-67H2,1-6H3,(H,82,83)(H,84,85)/t70-,71+,72+/m0/s1. The number of phosphoric ester groups is 2. The van der Waals surface area contributed by atoms with E-state index in [0.29, 0.717) is 25.7 Å². The Morgan fingerprint density at radius 1 is 0.284 bits per heavy atom. The predicted octanol–water partition coefficient (Wildman–Crippen LogP) is 22.3. The van der Waals surface area contributed by atoms with Crippen molar-refractivity contribution < 1.29 is 80.2 Å². The summed E-state index contributed by atoms with van der Waals surface area (Å²) < 4.78 is 68.4. The average molecular weight is 1400 g/mol. The van der Waals surface area contributed by atoms with Gasteiger partial charge in [-0.3, -0.25) is 37.3 Å². The van der Waals surface area contributed by atoms with E-state index < -0.39 is 97.5 Å². The van der Waals surface area contributed by atoms with Crippen molar-refractivity contribution in [1.82, 2.24) is 0 Å². The van der Waals surface area contributed by atoms with Gasteiger partial charge in [0.05, 0.1) is 26.4 Å². The molecule has 564 valence electrons. The first kappa shape index (κ1) is 93.1. The van der Waals surface area contributed by atoms with E-state index in [9.17, 15) is 43.2 Å². The summed E-state index contributed by atoms with van der Waals surface area (Å²) in [5.41, 5.74) is 0. The number of unbranched alkanes of at least 4 members (excludes halogenated alkanes) is 45. The van der Waals surface area contributed by atoms with E-state index in [1.165, 1.54) is 199 Å². The summed E-state index contributed by atoms with van der Waals surface area (Å²) in [4.78, 5) is 72.7. The topological polar surface area (TPSA) is 237 Å². The molecule has 95 heavy (non-hydrogen) atoms. The molecule has 0 saturated carbocycles. The van der Waals surface area contributed by atoms with Gasteiger partial charge in [0.25, 0.3) is 0 Å². The summed E-state index contributed by atoms with van der Waals surface area (Å²) >= 11 is 0. The highest BCUT2D eigenvalue weighted by Crippen LogP contribution is 2.45. The number of carbonyl (C=O) groups is 4. The third-order valence-corrected chi connectivity index (χ3v) is 19.6. The Labute approximate surface area is 581 Å². The van der Waals surface area contributed by atoms with Crippen LogP contribution in [0.1, 0.15) is 395 Å². The molecular weight excluding hydrogens is 1250 g/mol. The molecule has 0 amide bonds. The van der Waals surface area contributed by atoms with Gasteiger partial charge in [-0.15, -0.1) is 0 Å². The molecule has 0 aliphatic rings. The molecule has 0 spiro atoms. The lowest BCUT2D eigenvalue weighted by molar-refractivity contribution is -0.161. The highest BCUT2D eigenvalue weighted by Gasteiger charge is 2.30. The summed E-state index contributed by atoms with van der Waals surface area (Å²) in [5, 5.41) is 10.6. The Hall–Kier alpha value is -1.94. The number of phosphoric acid groups is 2. The number of carbonyl (C=O) groups excluding carboxylic acids is 4. The minimum absolute atomic E-state index is 0.108. The van der Waals surface area contributed by atoms with Crippen molar-refractivity contribution in [2.75, 3.05) is 39.6 Å². The second kappa shape index (κ2) is 67.9. The number of esters is 4. The molecule has 19 heteroatoms. The quantitative estimate of drug-likeness (QED) is 0.0222. The smallest absolute Gasteiger partial charge is 0.462 e. The highest BCUT2D eigenvalue weighted by molar-refractivity contribution is 7.47. The van der Waals surface area contributed by atoms with Crippen LogP contribution in [0.4, 0.5) is 0 Å². The van der Waals surface area contributed by atoms with Crippen LogP contribution in [0.25, 0.3) is 0 Å². The van der Waals surface area contributed by atoms with Crippen LogP contribution in [0.15, 0.2) is 0 Å². The maximum absolute atomic E-state index is 13.1. The summed E-state index contributed by atoms with van der Waals surface area (Å²) in [6.45, 7) is 9.60. The molecule has 0 aromatic rings. The monoisotopic (exact) mass is 1400 g/mol. The Balaban J connectivity index is 5.20. The van der Waals surface area contributed by atoms with E-state index >= 15 is 0 Å². The second-order valence-corrected chi connectivity index (χ2v) is 31.3. The van der Waals surface area contributed by atoms with Crippen LogP contribution in [0.2, 0.25) is 0 Å². The lowest BCUT2D eigenvalue weighted by Gasteiger charge is -2.21. The lowest BCUT2D eigenvalue weighted by atomic mass is 10.0. The number of ether oxygens (including phenoxy) is 4. The Kier molecular flexibility index (Phi) is 66.5. The summed E-state index contributed by atoms with van der Waals surface area (Å²) in [7, 11) is -9.91. The van der Waals surface area contributed by atoms with E-state index in [1.807, 2.05) is 0 Å². The third-order valence-electron chi connectivity index (χ3n) is 17.7. The normalized spacial score (nSPS) is 14.0. The molecule has 0 aliphatic carbocycles. The first-order chi connectivity index (χ1) is 45.9. The summed E-state index contributed by atoms with van der Waals surface area (Å²) in [6, 6.07) is 0. The Morgan fingerprint density at radius 2 is 0.484 bits per heavy atom. The zero-order chi connectivity index (χ0) is 70.0. The molecule has 0 aliphatic heterocycles. The summed E-state index contributed by atoms with van der Waals surface area (Å²) in [6.07, 6.45) is 55.5. The van der Waals surface area contributed by atoms with Crippen LogP contribution in [-0.4, -0.2) is 96.7 Å². The molecule has 5 atom stereocenters. The Bertz CT molecular complexity index is 1840. The van der Waals surface area contributed by atoms with E-state index in [4.69, 9.17) is 37.0 Å². The third kappa shape index (κ3) is 70.3. The zero-order valence-corrected chi connectivity index (χ0v) is 63.8. The molecule has 0 radical (unpaired) electrons. The number of hydrogen-bond acceptors (Lipinski definition) is 15. The predicted molar refractivity (Wildman–Crippen MR) is 386 cm³/mol. The number of aliphatic hydroxyl groups is 1. The molecule has 0 fully saturated rings. The van der Waals surface area contributed by atoms with Crippen molar-refractivity contribution in [2.45, 2.75) is 413 Å². The molecule has 0 aromatic carbocycles. The maximum Gasteiger partial charge on any atom is 0.472 e. The zero-order valence-electron chi connectivity index (χ0n) is 62.0. The first-order valence-electron chi connectivity index (χ1n) is 39.5. The van der Waals surface area contributed by atoms with Gasteiger partial charge in [0, 0.05) is 25.7 Å². The second-order valence-electron chi connectivity index (χ2n) is 28.3. The van der Waals surface area contributed by atoms with E-state index in [1.54, 1.807) is 0 Å². The number of hydrogen-bond donors (Lipinski definition) is 3. The minimum Gasteiger partial charge on any atom is -0.462 e. The molecular formula is C76H148O17P2. The van der Waals surface area contributed by atoms with Gasteiger partial charge in [-0.25, -0.2) is 9.13 Å². The van der Waals surface area contributed by atoms with E-state index in [-0.39, 0.29) is 25.7 Å². The Morgan fingerprint density at radius 3 is 0.716 bits per heavy atom. The van der Waals surface area contributed by atoms with Gasteiger partial charge in [0.2, 0.25) is 0 Å². The van der Waals surface area contributed by atoms with Gasteiger partial charge in [0.15, 0.2) is 12.2 Å². The van der Waals surface area contributed by atoms with Crippen molar-refractivity contribution in [2.24, 2.45) is 11.8 Å². The lowest BCUT2D eigenvalue weighted by Crippen LogP contribution is -2.30. The van der Waals surface area contributed by atoms with Crippen molar-refractivity contribution >= 4 is 39.5 Å². The van der Waals surface area contributed by atoms with Crippen molar-refractivity contribution in [3.05, 3.63) is 0 Å². The molecule has 0 bridgehead atoms. The van der Waals surface area contributed by atoms with Gasteiger partial charge >= 0.3 is 39.5 Å². The largest absolute Gasteiger partial charge is 0.472 e.